The molecule has 4 nitrogen and oxygen atoms in total. The number of nitrogens with one attached hydrogen (secondary N) is 1. The van der Waals surface area contributed by atoms with Gasteiger partial charge in [0, 0.05) is 30.1 Å². The second-order valence-electron chi connectivity index (χ2n) is 5.01. The summed E-state index contributed by atoms with van der Waals surface area (Å²) >= 11 is 9.38. The van der Waals surface area contributed by atoms with E-state index in [4.69, 9.17) is 18.0 Å². The summed E-state index contributed by atoms with van der Waals surface area (Å²) in [4.78, 5) is 15.6. The van der Waals surface area contributed by atoms with E-state index < -0.39 is 0 Å². The molecule has 6 heteroatoms. The maximum Gasteiger partial charge on any atom is 0.242 e. The molecule has 0 spiro atoms. The maximum atomic E-state index is 12.0. The van der Waals surface area contributed by atoms with Crippen molar-refractivity contribution in [3.8, 4) is 0 Å². The molecule has 100 valence electrons. The molecule has 1 unspecified atom stereocenters. The van der Waals surface area contributed by atoms with E-state index in [-0.39, 0.29) is 11.9 Å². The van der Waals surface area contributed by atoms with E-state index in [1.165, 1.54) is 5.56 Å². The molecule has 3 rings (SSSR count). The van der Waals surface area contributed by atoms with Crippen LogP contribution >= 0.6 is 24.8 Å². The Morgan fingerprint density at radius 1 is 1.42 bits per heavy atom. The van der Waals surface area contributed by atoms with Crippen molar-refractivity contribution in [3.05, 3.63) is 23.3 Å². The molecule has 1 saturated heterocycles. The van der Waals surface area contributed by atoms with Gasteiger partial charge in [-0.15, -0.1) is 12.6 Å². The minimum absolute atomic E-state index is 0.00808. The zero-order valence-corrected chi connectivity index (χ0v) is 12.1. The zero-order chi connectivity index (χ0) is 13.6. The fraction of sp³-hybridized carbons (Fsp3) is 0.385. The number of rotatable bonds is 1. The number of amides is 1. The SMILES string of the molecule is Nc1c(S)ccc2c1CN(C1CCC(=S)NC1=O)C2. The smallest absolute Gasteiger partial charge is 0.242 e. The Kier molecular flexibility index (Phi) is 3.24. The summed E-state index contributed by atoms with van der Waals surface area (Å²) in [6, 6.07) is 3.85. The van der Waals surface area contributed by atoms with Crippen LogP contribution in [-0.2, 0) is 17.9 Å². The molecular weight excluding hydrogens is 278 g/mol. The lowest BCUT2D eigenvalue weighted by Gasteiger charge is -2.30. The third kappa shape index (κ3) is 2.24. The summed E-state index contributed by atoms with van der Waals surface area (Å²) in [6.07, 6.45) is 1.55. The number of hydrogen-bond donors (Lipinski definition) is 3. The number of thiol groups is 1. The van der Waals surface area contributed by atoms with E-state index in [2.05, 4.69) is 22.8 Å². The lowest BCUT2D eigenvalue weighted by atomic mass is 10.1. The number of thiocarbonyl (C=S) groups is 1. The van der Waals surface area contributed by atoms with Gasteiger partial charge in [-0.3, -0.25) is 9.69 Å². The number of benzene rings is 1. The Morgan fingerprint density at radius 2 is 2.21 bits per heavy atom. The monoisotopic (exact) mass is 293 g/mol. The number of nitrogens with zero attached hydrogens (tertiary/aromatic N) is 1. The van der Waals surface area contributed by atoms with Gasteiger partial charge in [-0.05, 0) is 23.6 Å². The van der Waals surface area contributed by atoms with E-state index in [1.54, 1.807) is 0 Å². The van der Waals surface area contributed by atoms with Gasteiger partial charge < -0.3 is 11.1 Å². The predicted octanol–water partition coefficient (Wildman–Crippen LogP) is 1.48. The highest BCUT2D eigenvalue weighted by Crippen LogP contribution is 2.33. The Balaban J connectivity index is 1.82. The van der Waals surface area contributed by atoms with Crippen LogP contribution in [0, 0.1) is 0 Å². The van der Waals surface area contributed by atoms with Crippen molar-refractivity contribution in [2.45, 2.75) is 36.9 Å². The van der Waals surface area contributed by atoms with Crippen LogP contribution in [0.5, 0.6) is 0 Å². The maximum absolute atomic E-state index is 12.0. The first-order valence-corrected chi connectivity index (χ1v) is 7.08. The second kappa shape index (κ2) is 4.77. The summed E-state index contributed by atoms with van der Waals surface area (Å²) in [5.74, 6) is 0.00808. The number of carbonyl (C=O) groups is 1. The zero-order valence-electron chi connectivity index (χ0n) is 10.3. The number of hydrogen-bond acceptors (Lipinski definition) is 5. The van der Waals surface area contributed by atoms with Crippen LogP contribution in [0.1, 0.15) is 24.0 Å². The first kappa shape index (κ1) is 12.9. The van der Waals surface area contributed by atoms with Crippen molar-refractivity contribution in [2.75, 3.05) is 5.73 Å². The molecule has 0 bridgehead atoms. The third-order valence-electron chi connectivity index (χ3n) is 3.82. The average molecular weight is 293 g/mol. The molecule has 2 aliphatic rings. The summed E-state index contributed by atoms with van der Waals surface area (Å²) < 4.78 is 0. The third-order valence-corrected chi connectivity index (χ3v) is 4.51. The van der Waals surface area contributed by atoms with E-state index in [0.29, 0.717) is 11.5 Å². The summed E-state index contributed by atoms with van der Waals surface area (Å²) in [7, 11) is 0. The quantitative estimate of drug-likeness (QED) is 0.417. The normalized spacial score (nSPS) is 23.3. The van der Waals surface area contributed by atoms with Crippen LogP contribution in [0.25, 0.3) is 0 Å². The number of carbonyl (C=O) groups excluding carboxylic acids is 1. The van der Waals surface area contributed by atoms with Crippen molar-refractivity contribution >= 4 is 41.4 Å². The molecule has 1 fully saturated rings. The highest BCUT2D eigenvalue weighted by molar-refractivity contribution is 7.80. The van der Waals surface area contributed by atoms with Gasteiger partial charge in [-0.1, -0.05) is 18.3 Å². The lowest BCUT2D eigenvalue weighted by molar-refractivity contribution is -0.126. The topological polar surface area (TPSA) is 58.4 Å². The van der Waals surface area contributed by atoms with Crippen LogP contribution in [0.4, 0.5) is 5.69 Å². The molecule has 1 aromatic carbocycles. The molecule has 0 aliphatic carbocycles. The fourth-order valence-corrected chi connectivity index (χ4v) is 3.19. The van der Waals surface area contributed by atoms with Crippen LogP contribution in [-0.4, -0.2) is 21.8 Å². The van der Waals surface area contributed by atoms with E-state index in [0.717, 1.165) is 35.5 Å². The average Bonchev–Trinajstić information content (AvgIpc) is 2.78. The molecule has 19 heavy (non-hydrogen) atoms. The number of nitrogen functional groups attached to an aromatic ring is 1. The molecule has 0 saturated carbocycles. The second-order valence-corrected chi connectivity index (χ2v) is 5.98. The van der Waals surface area contributed by atoms with Gasteiger partial charge in [-0.25, -0.2) is 0 Å². The number of anilines is 1. The minimum atomic E-state index is -0.109. The fourth-order valence-electron chi connectivity index (χ4n) is 2.76. The van der Waals surface area contributed by atoms with Crippen LogP contribution in [0.3, 0.4) is 0 Å². The van der Waals surface area contributed by atoms with Gasteiger partial charge in [0.15, 0.2) is 0 Å². The predicted molar refractivity (Wildman–Crippen MR) is 81.1 cm³/mol. The lowest BCUT2D eigenvalue weighted by Crippen LogP contribution is -2.50. The van der Waals surface area contributed by atoms with Gasteiger partial charge in [0.05, 0.1) is 11.0 Å². The van der Waals surface area contributed by atoms with Crippen LogP contribution in [0.2, 0.25) is 0 Å². The van der Waals surface area contributed by atoms with Crippen LogP contribution < -0.4 is 11.1 Å². The van der Waals surface area contributed by atoms with Crippen LogP contribution in [0.15, 0.2) is 17.0 Å². The largest absolute Gasteiger partial charge is 0.398 e. The Morgan fingerprint density at radius 3 is 2.95 bits per heavy atom. The first-order valence-electron chi connectivity index (χ1n) is 6.23. The van der Waals surface area contributed by atoms with Gasteiger partial charge >= 0.3 is 0 Å². The minimum Gasteiger partial charge on any atom is -0.398 e. The molecule has 2 aliphatic heterocycles. The number of fused-ring (bicyclic) bond motifs is 1. The Bertz CT molecular complexity index is 573. The number of nitrogens with two attached hydrogens (primary N) is 1. The summed E-state index contributed by atoms with van der Waals surface area (Å²) in [5, 5.41) is 2.76. The molecule has 1 aromatic rings. The molecule has 1 atom stereocenters. The molecule has 0 radical (unpaired) electrons. The van der Waals surface area contributed by atoms with E-state index >= 15 is 0 Å². The van der Waals surface area contributed by atoms with Gasteiger partial charge in [0.2, 0.25) is 5.91 Å². The van der Waals surface area contributed by atoms with Crippen molar-refractivity contribution in [1.29, 1.82) is 0 Å². The molecule has 3 N–H and O–H groups in total. The Hall–Kier alpha value is -1.11. The summed E-state index contributed by atoms with van der Waals surface area (Å²) in [6.45, 7) is 1.47. The van der Waals surface area contributed by atoms with Crippen molar-refractivity contribution in [1.82, 2.24) is 10.2 Å². The van der Waals surface area contributed by atoms with Crippen molar-refractivity contribution in [2.24, 2.45) is 0 Å². The molecular formula is C13H15N3OS2. The van der Waals surface area contributed by atoms with E-state index in [1.807, 2.05) is 12.1 Å². The molecule has 2 heterocycles. The summed E-state index contributed by atoms with van der Waals surface area (Å²) in [5.41, 5.74) is 9.09. The Labute approximate surface area is 122 Å². The van der Waals surface area contributed by atoms with Gasteiger partial charge in [0.25, 0.3) is 0 Å². The molecule has 1 amide bonds. The standard InChI is InChI=1S/C13H15N3OS2/c14-12-8-6-16(5-7(8)1-3-10(12)18)9-2-4-11(19)15-13(9)17/h1,3,9,18H,2,4-6,14H2,(H,15,17,19). The van der Waals surface area contributed by atoms with Crippen molar-refractivity contribution in [3.63, 3.8) is 0 Å². The molecule has 0 aromatic heterocycles. The van der Waals surface area contributed by atoms with Gasteiger partial charge in [0.1, 0.15) is 0 Å². The highest BCUT2D eigenvalue weighted by Gasteiger charge is 2.34. The van der Waals surface area contributed by atoms with Crippen molar-refractivity contribution < 1.29 is 4.79 Å². The highest BCUT2D eigenvalue weighted by atomic mass is 32.1. The first-order chi connectivity index (χ1) is 9.06. The van der Waals surface area contributed by atoms with Gasteiger partial charge in [-0.2, -0.15) is 0 Å². The van der Waals surface area contributed by atoms with E-state index in [9.17, 15) is 4.79 Å². The number of piperidine rings is 1.